The van der Waals surface area contributed by atoms with Gasteiger partial charge in [0.25, 0.3) is 0 Å². The first kappa shape index (κ1) is 20.4. The van der Waals surface area contributed by atoms with Gasteiger partial charge < -0.3 is 14.8 Å². The Morgan fingerprint density at radius 3 is 2.81 bits per heavy atom. The molecule has 0 saturated heterocycles. The van der Waals surface area contributed by atoms with Crippen molar-refractivity contribution >= 4 is 28.2 Å². The normalized spacial score (nSPS) is 15.8. The summed E-state index contributed by atoms with van der Waals surface area (Å²) in [6.45, 7) is 2.57. The number of benzene rings is 3. The molecule has 31 heavy (non-hydrogen) atoms. The van der Waals surface area contributed by atoms with Crippen molar-refractivity contribution in [1.29, 1.82) is 5.26 Å². The molecule has 1 N–H and O–H groups in total. The smallest absolute Gasteiger partial charge is 0.249 e. The number of nitrogens with one attached hydrogen (secondary N) is 1. The van der Waals surface area contributed by atoms with Crippen molar-refractivity contribution in [1.82, 2.24) is 0 Å². The Bertz CT molecular complexity index is 1180. The molecule has 3 aromatic carbocycles. The molecular weight excluding hydrogens is 392 g/mol. The van der Waals surface area contributed by atoms with Crippen LogP contribution in [0.25, 0.3) is 10.8 Å². The number of ketones is 1. The molecule has 6 heteroatoms. The molecule has 2 atom stereocenters. The summed E-state index contributed by atoms with van der Waals surface area (Å²) in [6, 6.07) is 20.5. The fourth-order valence-electron chi connectivity index (χ4n) is 3.84. The third-order valence-corrected chi connectivity index (χ3v) is 5.37. The van der Waals surface area contributed by atoms with Crippen LogP contribution in [0.4, 0.5) is 5.69 Å². The molecule has 0 spiro atoms. The van der Waals surface area contributed by atoms with Crippen LogP contribution in [0.3, 0.4) is 0 Å². The maximum Gasteiger partial charge on any atom is 0.249 e. The molecule has 0 saturated carbocycles. The van der Waals surface area contributed by atoms with Crippen molar-refractivity contribution in [3.8, 4) is 17.6 Å². The second-order valence-corrected chi connectivity index (χ2v) is 7.40. The predicted molar refractivity (Wildman–Crippen MR) is 117 cm³/mol. The minimum Gasteiger partial charge on any atom is -0.494 e. The van der Waals surface area contributed by atoms with Gasteiger partial charge in [-0.2, -0.15) is 5.26 Å². The number of Topliss-reactive ketones (excluding diaryl/α,β-unsaturated/α-hetero) is 1. The van der Waals surface area contributed by atoms with Crippen molar-refractivity contribution in [3.63, 3.8) is 0 Å². The van der Waals surface area contributed by atoms with E-state index in [1.807, 2.05) is 67.6 Å². The molecule has 0 radical (unpaired) electrons. The zero-order chi connectivity index (χ0) is 21.8. The number of carbonyl (C=O) groups is 2. The Morgan fingerprint density at radius 1 is 1.19 bits per heavy atom. The van der Waals surface area contributed by atoms with Crippen molar-refractivity contribution in [2.75, 3.05) is 18.5 Å². The maximum atomic E-state index is 13.1. The van der Waals surface area contributed by atoms with Crippen LogP contribution in [-0.4, -0.2) is 24.9 Å². The molecular formula is C25H22N2O4. The van der Waals surface area contributed by atoms with Crippen molar-refractivity contribution in [2.24, 2.45) is 11.8 Å². The van der Waals surface area contributed by atoms with Gasteiger partial charge in [0.15, 0.2) is 11.7 Å². The third-order valence-electron chi connectivity index (χ3n) is 5.37. The van der Waals surface area contributed by atoms with Gasteiger partial charge in [-0.25, -0.2) is 0 Å². The molecule has 0 fully saturated rings. The summed E-state index contributed by atoms with van der Waals surface area (Å²) in [5, 5.41) is 14.2. The molecule has 1 aliphatic heterocycles. The van der Waals surface area contributed by atoms with E-state index in [1.165, 1.54) is 0 Å². The molecule has 1 amide bonds. The first-order chi connectivity index (χ1) is 15.1. The van der Waals surface area contributed by atoms with Crippen molar-refractivity contribution in [2.45, 2.75) is 13.3 Å². The number of fused-ring (bicyclic) bond motifs is 2. The van der Waals surface area contributed by atoms with Gasteiger partial charge in [-0.3, -0.25) is 9.59 Å². The van der Waals surface area contributed by atoms with Crippen LogP contribution in [0, 0.1) is 23.2 Å². The van der Waals surface area contributed by atoms with Crippen LogP contribution in [0.15, 0.2) is 60.7 Å². The molecule has 3 aromatic rings. The zero-order valence-corrected chi connectivity index (χ0v) is 17.1. The molecule has 6 nitrogen and oxygen atoms in total. The summed E-state index contributed by atoms with van der Waals surface area (Å²) >= 11 is 0. The largest absolute Gasteiger partial charge is 0.494 e. The van der Waals surface area contributed by atoms with Crippen LogP contribution < -0.4 is 14.8 Å². The Morgan fingerprint density at radius 2 is 2.00 bits per heavy atom. The second-order valence-electron chi connectivity index (χ2n) is 7.40. The van der Waals surface area contributed by atoms with Gasteiger partial charge in [0.2, 0.25) is 5.91 Å². The highest BCUT2D eigenvalue weighted by atomic mass is 16.5. The summed E-state index contributed by atoms with van der Waals surface area (Å²) in [5.74, 6) is -1.66. The Kier molecular flexibility index (Phi) is 5.85. The van der Waals surface area contributed by atoms with Crippen LogP contribution >= 0.6 is 0 Å². The topological polar surface area (TPSA) is 88.4 Å². The van der Waals surface area contributed by atoms with Gasteiger partial charge in [0.1, 0.15) is 11.5 Å². The van der Waals surface area contributed by atoms with E-state index in [1.54, 1.807) is 6.07 Å². The van der Waals surface area contributed by atoms with E-state index >= 15 is 0 Å². The number of amides is 1. The molecule has 0 aromatic heterocycles. The fraction of sp³-hybridized carbons (Fsp3) is 0.240. The second kappa shape index (κ2) is 8.88. The quantitative estimate of drug-likeness (QED) is 0.613. The van der Waals surface area contributed by atoms with Crippen LogP contribution in [0.2, 0.25) is 0 Å². The first-order valence-corrected chi connectivity index (χ1v) is 10.2. The average Bonchev–Trinajstić information content (AvgIpc) is 2.79. The summed E-state index contributed by atoms with van der Waals surface area (Å²) < 4.78 is 11.2. The van der Waals surface area contributed by atoms with Crippen molar-refractivity contribution < 1.29 is 19.1 Å². The number of ether oxygens (including phenoxy) is 2. The van der Waals surface area contributed by atoms with Crippen LogP contribution in [0.1, 0.15) is 12.5 Å². The van der Waals surface area contributed by atoms with Gasteiger partial charge in [0.05, 0.1) is 25.2 Å². The number of rotatable bonds is 6. The van der Waals surface area contributed by atoms with Gasteiger partial charge in [0, 0.05) is 11.1 Å². The average molecular weight is 414 g/mol. The maximum absolute atomic E-state index is 13.1. The number of nitrogens with zero attached hydrogens (tertiary/aromatic N) is 1. The Balaban J connectivity index is 1.51. The zero-order valence-electron chi connectivity index (χ0n) is 17.1. The number of hydrogen-bond acceptors (Lipinski definition) is 5. The number of carbonyl (C=O) groups excluding carboxylic acids is 2. The lowest BCUT2D eigenvalue weighted by Crippen LogP contribution is -2.37. The minimum atomic E-state index is -1.41. The summed E-state index contributed by atoms with van der Waals surface area (Å²) in [4.78, 5) is 25.9. The van der Waals surface area contributed by atoms with E-state index in [-0.39, 0.29) is 6.61 Å². The third kappa shape index (κ3) is 4.22. The van der Waals surface area contributed by atoms with E-state index in [4.69, 9.17) is 9.47 Å². The van der Waals surface area contributed by atoms with Gasteiger partial charge in [-0.15, -0.1) is 0 Å². The Hall–Kier alpha value is -3.85. The SMILES string of the molecule is CCOc1ccc2c(c1)CC(C(=O)C(C#N)C(=O)Nc1cccc3ccccc13)CO2. The molecule has 0 aliphatic carbocycles. The van der Waals surface area contributed by atoms with Crippen molar-refractivity contribution in [3.05, 3.63) is 66.2 Å². The molecule has 0 bridgehead atoms. The lowest BCUT2D eigenvalue weighted by atomic mass is 9.86. The minimum absolute atomic E-state index is 0.138. The van der Waals surface area contributed by atoms with Gasteiger partial charge in [-0.1, -0.05) is 36.4 Å². The monoisotopic (exact) mass is 414 g/mol. The van der Waals surface area contributed by atoms with E-state index in [0.29, 0.717) is 30.2 Å². The van der Waals surface area contributed by atoms with E-state index in [0.717, 1.165) is 16.3 Å². The van der Waals surface area contributed by atoms with E-state index in [2.05, 4.69) is 5.32 Å². The van der Waals surface area contributed by atoms with Crippen LogP contribution in [-0.2, 0) is 16.0 Å². The highest BCUT2D eigenvalue weighted by Crippen LogP contribution is 2.32. The number of hydrogen-bond donors (Lipinski definition) is 1. The molecule has 1 aliphatic rings. The highest BCUT2D eigenvalue weighted by molar-refractivity contribution is 6.12. The van der Waals surface area contributed by atoms with Gasteiger partial charge >= 0.3 is 0 Å². The molecule has 2 unspecified atom stereocenters. The molecule has 156 valence electrons. The highest BCUT2D eigenvalue weighted by Gasteiger charge is 2.35. The van der Waals surface area contributed by atoms with E-state index in [9.17, 15) is 14.9 Å². The van der Waals surface area contributed by atoms with Crippen LogP contribution in [0.5, 0.6) is 11.5 Å². The summed E-state index contributed by atoms with van der Waals surface area (Å²) in [6.07, 6.45) is 0.398. The lowest BCUT2D eigenvalue weighted by Gasteiger charge is -2.26. The fourth-order valence-corrected chi connectivity index (χ4v) is 3.84. The summed E-state index contributed by atoms with van der Waals surface area (Å²) in [7, 11) is 0. The number of anilines is 1. The lowest BCUT2D eigenvalue weighted by molar-refractivity contribution is -0.132. The molecule has 1 heterocycles. The van der Waals surface area contributed by atoms with E-state index < -0.39 is 23.5 Å². The standard InChI is InChI=1S/C25H22N2O4/c1-2-30-19-10-11-23-17(13-19)12-18(15-31-23)24(28)21(14-26)25(29)27-22-9-5-7-16-6-3-4-8-20(16)22/h3-11,13,18,21H,2,12,15H2,1H3,(H,27,29). The predicted octanol–water partition coefficient (Wildman–Crippen LogP) is 4.14. The Labute approximate surface area is 180 Å². The number of nitriles is 1. The summed E-state index contributed by atoms with van der Waals surface area (Å²) in [5.41, 5.74) is 1.41. The molecule has 4 rings (SSSR count). The first-order valence-electron chi connectivity index (χ1n) is 10.2. The van der Waals surface area contributed by atoms with Gasteiger partial charge in [-0.05, 0) is 48.6 Å².